The molecule has 0 atom stereocenters. The molecule has 1 saturated heterocycles. The first-order valence-electron chi connectivity index (χ1n) is 7.31. The maximum atomic E-state index is 12.2. The lowest BCUT2D eigenvalue weighted by atomic mass is 10.1. The Morgan fingerprint density at radius 2 is 1.90 bits per heavy atom. The van der Waals surface area contributed by atoms with E-state index in [4.69, 9.17) is 0 Å². The summed E-state index contributed by atoms with van der Waals surface area (Å²) in [7, 11) is 2.06. The van der Waals surface area contributed by atoms with Crippen molar-refractivity contribution in [1.82, 2.24) is 9.47 Å². The zero-order valence-electron chi connectivity index (χ0n) is 12.2. The number of piperidine rings is 1. The van der Waals surface area contributed by atoms with Gasteiger partial charge < -0.3 is 4.90 Å². The number of amidine groups is 1. The van der Waals surface area contributed by atoms with E-state index in [1.807, 2.05) is 36.4 Å². The average molecular weight is 281 g/mol. The molecule has 0 amide bonds. The summed E-state index contributed by atoms with van der Waals surface area (Å²) in [4.78, 5) is 19.0. The largest absolute Gasteiger partial charge is 0.363 e. The van der Waals surface area contributed by atoms with Gasteiger partial charge in [-0.05, 0) is 31.0 Å². The molecule has 21 heavy (non-hydrogen) atoms. The van der Waals surface area contributed by atoms with Crippen LogP contribution in [-0.4, -0.2) is 28.9 Å². The van der Waals surface area contributed by atoms with E-state index >= 15 is 0 Å². The van der Waals surface area contributed by atoms with Gasteiger partial charge >= 0.3 is 0 Å². The SMILES string of the molecule is CN1CCCCC1=Nc1ccn(-c2ccccc2)c(=O)c1. The second kappa shape index (κ2) is 5.95. The molecule has 2 heterocycles. The van der Waals surface area contributed by atoms with Crippen LogP contribution in [0.15, 0.2) is 58.4 Å². The number of hydrogen-bond donors (Lipinski definition) is 0. The lowest BCUT2D eigenvalue weighted by molar-refractivity contribution is 0.434. The monoisotopic (exact) mass is 281 g/mol. The van der Waals surface area contributed by atoms with Crippen LogP contribution in [0.25, 0.3) is 5.69 Å². The number of benzene rings is 1. The van der Waals surface area contributed by atoms with Gasteiger partial charge in [0.1, 0.15) is 5.84 Å². The van der Waals surface area contributed by atoms with E-state index in [0.717, 1.165) is 30.2 Å². The Bertz CT molecular complexity index is 703. The van der Waals surface area contributed by atoms with Crippen LogP contribution in [0.5, 0.6) is 0 Å². The Kier molecular flexibility index (Phi) is 3.86. The van der Waals surface area contributed by atoms with Crippen molar-refractivity contribution in [1.29, 1.82) is 0 Å². The normalized spacial score (nSPS) is 17.2. The minimum Gasteiger partial charge on any atom is -0.363 e. The van der Waals surface area contributed by atoms with Crippen molar-refractivity contribution in [2.24, 2.45) is 4.99 Å². The van der Waals surface area contributed by atoms with Crippen molar-refractivity contribution in [3.8, 4) is 5.69 Å². The molecule has 1 aliphatic rings. The molecule has 1 fully saturated rings. The standard InChI is InChI=1S/C17H19N3O/c1-19-11-6-5-9-16(19)18-14-10-12-20(17(21)13-14)15-7-3-2-4-8-15/h2-4,7-8,10,12-13H,5-6,9,11H2,1H3. The third-order valence-corrected chi connectivity index (χ3v) is 3.78. The van der Waals surface area contributed by atoms with Gasteiger partial charge in [0.2, 0.25) is 0 Å². The van der Waals surface area contributed by atoms with E-state index in [2.05, 4.69) is 16.9 Å². The van der Waals surface area contributed by atoms with E-state index in [-0.39, 0.29) is 5.56 Å². The molecule has 4 nitrogen and oxygen atoms in total. The zero-order valence-corrected chi connectivity index (χ0v) is 12.2. The van der Waals surface area contributed by atoms with Crippen LogP contribution in [0.4, 0.5) is 5.69 Å². The fraction of sp³-hybridized carbons (Fsp3) is 0.294. The summed E-state index contributed by atoms with van der Waals surface area (Å²) < 4.78 is 1.63. The molecule has 0 aliphatic carbocycles. The smallest absolute Gasteiger partial charge is 0.257 e. The molecule has 0 unspecified atom stereocenters. The van der Waals surface area contributed by atoms with Gasteiger partial charge in [-0.15, -0.1) is 0 Å². The first kappa shape index (κ1) is 13.6. The number of aliphatic imine (C=N–C) groups is 1. The van der Waals surface area contributed by atoms with Gasteiger partial charge in [0.15, 0.2) is 0 Å². The third kappa shape index (κ3) is 3.05. The molecule has 108 valence electrons. The molecule has 1 aliphatic heterocycles. The number of rotatable bonds is 2. The summed E-state index contributed by atoms with van der Waals surface area (Å²) in [5.74, 6) is 1.07. The minimum absolute atomic E-state index is 0.0542. The molecule has 0 saturated carbocycles. The van der Waals surface area contributed by atoms with Crippen LogP contribution in [0.1, 0.15) is 19.3 Å². The van der Waals surface area contributed by atoms with Crippen LogP contribution >= 0.6 is 0 Å². The molecule has 0 spiro atoms. The van der Waals surface area contributed by atoms with Crippen LogP contribution < -0.4 is 5.56 Å². The molecule has 0 N–H and O–H groups in total. The van der Waals surface area contributed by atoms with Crippen molar-refractivity contribution in [2.75, 3.05) is 13.6 Å². The van der Waals surface area contributed by atoms with Crippen LogP contribution in [0.3, 0.4) is 0 Å². The van der Waals surface area contributed by atoms with Crippen molar-refractivity contribution < 1.29 is 0 Å². The van der Waals surface area contributed by atoms with Gasteiger partial charge in [-0.25, -0.2) is 4.99 Å². The van der Waals surface area contributed by atoms with Gasteiger partial charge in [0, 0.05) is 38.0 Å². The highest BCUT2D eigenvalue weighted by molar-refractivity contribution is 5.85. The highest BCUT2D eigenvalue weighted by Crippen LogP contribution is 2.16. The number of aromatic nitrogens is 1. The Morgan fingerprint density at radius 3 is 2.62 bits per heavy atom. The molecular weight excluding hydrogens is 262 g/mol. The van der Waals surface area contributed by atoms with Crippen molar-refractivity contribution in [3.63, 3.8) is 0 Å². The molecular formula is C17H19N3O. The van der Waals surface area contributed by atoms with E-state index < -0.39 is 0 Å². The molecule has 3 rings (SSSR count). The second-order valence-electron chi connectivity index (χ2n) is 5.34. The van der Waals surface area contributed by atoms with E-state index in [1.54, 1.807) is 16.8 Å². The number of para-hydroxylation sites is 1. The highest BCUT2D eigenvalue weighted by Gasteiger charge is 2.12. The lowest BCUT2D eigenvalue weighted by Gasteiger charge is -2.25. The summed E-state index contributed by atoms with van der Waals surface area (Å²) in [6.07, 6.45) is 5.16. The second-order valence-corrected chi connectivity index (χ2v) is 5.34. The number of nitrogens with zero attached hydrogens (tertiary/aromatic N) is 3. The van der Waals surface area contributed by atoms with Gasteiger partial charge in [0.05, 0.1) is 5.69 Å². The van der Waals surface area contributed by atoms with Crippen LogP contribution in [-0.2, 0) is 0 Å². The number of likely N-dealkylation sites (tertiary alicyclic amines) is 1. The van der Waals surface area contributed by atoms with Crippen molar-refractivity contribution in [3.05, 3.63) is 59.0 Å². The summed E-state index contributed by atoms with van der Waals surface area (Å²) >= 11 is 0. The highest BCUT2D eigenvalue weighted by atomic mass is 16.1. The Hall–Kier alpha value is -2.36. The van der Waals surface area contributed by atoms with Gasteiger partial charge in [0.25, 0.3) is 5.56 Å². The predicted molar refractivity (Wildman–Crippen MR) is 85.6 cm³/mol. The van der Waals surface area contributed by atoms with Gasteiger partial charge in [-0.2, -0.15) is 0 Å². The zero-order chi connectivity index (χ0) is 14.7. The Morgan fingerprint density at radius 1 is 1.10 bits per heavy atom. The Balaban J connectivity index is 1.91. The molecule has 4 heteroatoms. The third-order valence-electron chi connectivity index (χ3n) is 3.78. The number of hydrogen-bond acceptors (Lipinski definition) is 2. The van der Waals surface area contributed by atoms with Gasteiger partial charge in [-0.1, -0.05) is 18.2 Å². The Labute approximate surface area is 124 Å². The van der Waals surface area contributed by atoms with E-state index in [0.29, 0.717) is 0 Å². The fourth-order valence-electron chi connectivity index (χ4n) is 2.58. The van der Waals surface area contributed by atoms with E-state index in [9.17, 15) is 4.79 Å². The summed E-state index contributed by atoms with van der Waals surface area (Å²) in [5.41, 5.74) is 1.55. The quantitative estimate of drug-likeness (QED) is 0.848. The van der Waals surface area contributed by atoms with Crippen molar-refractivity contribution >= 4 is 11.5 Å². The fourth-order valence-corrected chi connectivity index (χ4v) is 2.58. The summed E-state index contributed by atoms with van der Waals surface area (Å²) in [5, 5.41) is 0. The van der Waals surface area contributed by atoms with Crippen LogP contribution in [0.2, 0.25) is 0 Å². The van der Waals surface area contributed by atoms with E-state index in [1.165, 1.54) is 12.8 Å². The topological polar surface area (TPSA) is 37.6 Å². The van der Waals surface area contributed by atoms with Gasteiger partial charge in [-0.3, -0.25) is 9.36 Å². The molecule has 0 radical (unpaired) electrons. The summed E-state index contributed by atoms with van der Waals surface area (Å²) in [6, 6.07) is 13.1. The lowest BCUT2D eigenvalue weighted by Crippen LogP contribution is -2.31. The first-order chi connectivity index (χ1) is 10.2. The van der Waals surface area contributed by atoms with Crippen molar-refractivity contribution in [2.45, 2.75) is 19.3 Å². The molecule has 1 aromatic heterocycles. The number of pyridine rings is 1. The molecule has 1 aromatic carbocycles. The molecule has 2 aromatic rings. The minimum atomic E-state index is -0.0542. The first-order valence-corrected chi connectivity index (χ1v) is 7.31. The molecule has 0 bridgehead atoms. The maximum absolute atomic E-state index is 12.2. The maximum Gasteiger partial charge on any atom is 0.257 e. The summed E-state index contributed by atoms with van der Waals surface area (Å²) in [6.45, 7) is 1.04. The average Bonchev–Trinajstić information content (AvgIpc) is 2.51. The predicted octanol–water partition coefficient (Wildman–Crippen LogP) is 2.98. The van der Waals surface area contributed by atoms with Crippen LogP contribution in [0, 0.1) is 0 Å².